The van der Waals surface area contributed by atoms with Crippen molar-refractivity contribution < 1.29 is 29.4 Å². The summed E-state index contributed by atoms with van der Waals surface area (Å²) in [5.74, 6) is -2.99. The van der Waals surface area contributed by atoms with Crippen LogP contribution in [0.25, 0.3) is 0 Å². The predicted octanol–water partition coefficient (Wildman–Crippen LogP) is -2.20. The molecule has 30 heavy (non-hydrogen) atoms. The highest BCUT2D eigenvalue weighted by atomic mass is 32.1. The minimum atomic E-state index is -1.21. The zero-order valence-corrected chi connectivity index (χ0v) is 18.0. The molecular weight excluding hydrogens is 414 g/mol. The summed E-state index contributed by atoms with van der Waals surface area (Å²) >= 11 is 3.92. The maximum absolute atomic E-state index is 13.1. The lowest BCUT2D eigenvalue weighted by Gasteiger charge is -2.30. The summed E-state index contributed by atoms with van der Waals surface area (Å²) in [5.41, 5.74) is 11.2. The number of carboxylic acids is 1. The Morgan fingerprint density at radius 1 is 1.20 bits per heavy atom. The van der Waals surface area contributed by atoms with Crippen LogP contribution in [-0.2, 0) is 19.2 Å². The van der Waals surface area contributed by atoms with Crippen LogP contribution >= 0.6 is 12.6 Å². The number of unbranched alkanes of at least 4 members (excludes halogenated alkanes) is 1. The summed E-state index contributed by atoms with van der Waals surface area (Å²) in [6.07, 6.45) is 1.38. The number of carbonyl (C=O) groups is 4. The van der Waals surface area contributed by atoms with Gasteiger partial charge in [-0.05, 0) is 45.6 Å². The fraction of sp³-hybridized carbons (Fsp3) is 0.778. The molecule has 0 bridgehead atoms. The van der Waals surface area contributed by atoms with Crippen molar-refractivity contribution in [3.63, 3.8) is 0 Å². The second-order valence-corrected chi connectivity index (χ2v) is 7.75. The minimum absolute atomic E-state index is 0.0866. The third kappa shape index (κ3) is 7.42. The standard InChI is InChI=1S/C18H33N5O6S/c1-10(24)14(20)16(26)21-11(5-2-3-7-19)17(27)23-8-4-6-13(23)15(25)22-12(9-30)18(28)29/h10-14,24,30H,2-9,19-20H2,1H3,(H,21,26)(H,22,25)(H,28,29). The van der Waals surface area contributed by atoms with E-state index in [0.717, 1.165) is 0 Å². The van der Waals surface area contributed by atoms with Crippen LogP contribution in [-0.4, -0.2) is 87.9 Å². The largest absolute Gasteiger partial charge is 0.480 e. The predicted molar refractivity (Wildman–Crippen MR) is 113 cm³/mol. The molecule has 0 aromatic carbocycles. The molecule has 0 aliphatic carbocycles. The van der Waals surface area contributed by atoms with Gasteiger partial charge in [-0.3, -0.25) is 14.4 Å². The molecule has 1 aliphatic rings. The molecule has 5 atom stereocenters. The van der Waals surface area contributed by atoms with E-state index in [0.29, 0.717) is 45.2 Å². The summed E-state index contributed by atoms with van der Waals surface area (Å²) in [6.45, 7) is 2.11. The maximum atomic E-state index is 13.1. The number of nitrogens with one attached hydrogen (secondary N) is 2. The number of aliphatic carboxylic acids is 1. The van der Waals surface area contributed by atoms with Gasteiger partial charge in [0.2, 0.25) is 17.7 Å². The molecule has 0 aromatic rings. The van der Waals surface area contributed by atoms with Gasteiger partial charge >= 0.3 is 5.97 Å². The van der Waals surface area contributed by atoms with Crippen molar-refractivity contribution in [3.05, 3.63) is 0 Å². The molecule has 1 rings (SSSR count). The average Bonchev–Trinajstić information content (AvgIpc) is 3.19. The van der Waals surface area contributed by atoms with E-state index in [1.165, 1.54) is 11.8 Å². The normalized spacial score (nSPS) is 20.2. The lowest BCUT2D eigenvalue weighted by molar-refractivity contribution is -0.144. The van der Waals surface area contributed by atoms with Crippen molar-refractivity contribution in [2.75, 3.05) is 18.8 Å². The van der Waals surface area contributed by atoms with Crippen molar-refractivity contribution in [3.8, 4) is 0 Å². The van der Waals surface area contributed by atoms with Crippen LogP contribution in [0.1, 0.15) is 39.0 Å². The number of nitrogens with two attached hydrogens (primary N) is 2. The molecule has 0 radical (unpaired) electrons. The number of amides is 3. The second-order valence-electron chi connectivity index (χ2n) is 7.38. The molecule has 0 aromatic heterocycles. The number of hydrogen-bond acceptors (Lipinski definition) is 8. The topological polar surface area (TPSA) is 188 Å². The first-order chi connectivity index (χ1) is 14.1. The van der Waals surface area contributed by atoms with E-state index in [4.69, 9.17) is 16.6 Å². The first-order valence-corrected chi connectivity index (χ1v) is 10.7. The molecule has 1 aliphatic heterocycles. The van der Waals surface area contributed by atoms with Crippen molar-refractivity contribution >= 4 is 36.3 Å². The van der Waals surface area contributed by atoms with Crippen LogP contribution < -0.4 is 22.1 Å². The van der Waals surface area contributed by atoms with E-state index in [1.807, 2.05) is 0 Å². The fourth-order valence-corrected chi connectivity index (χ4v) is 3.44. The van der Waals surface area contributed by atoms with Crippen molar-refractivity contribution in [2.24, 2.45) is 11.5 Å². The highest BCUT2D eigenvalue weighted by Crippen LogP contribution is 2.20. The molecule has 5 unspecified atom stereocenters. The summed E-state index contributed by atoms with van der Waals surface area (Å²) in [6, 6.07) is -4.12. The van der Waals surface area contributed by atoms with Gasteiger partial charge in [0.1, 0.15) is 24.2 Å². The summed E-state index contributed by atoms with van der Waals surface area (Å²) in [4.78, 5) is 50.5. The van der Waals surface area contributed by atoms with Crippen molar-refractivity contribution in [1.29, 1.82) is 0 Å². The van der Waals surface area contributed by atoms with E-state index in [2.05, 4.69) is 23.3 Å². The number of hydrogen-bond donors (Lipinski definition) is 7. The van der Waals surface area contributed by atoms with E-state index < -0.39 is 54.0 Å². The Kier molecular flexibility index (Phi) is 11.1. The van der Waals surface area contributed by atoms with E-state index in [9.17, 15) is 24.3 Å². The highest BCUT2D eigenvalue weighted by Gasteiger charge is 2.39. The molecule has 172 valence electrons. The first kappa shape index (κ1) is 26.1. The molecular formula is C18H33N5O6S. The number of likely N-dealkylation sites (tertiary alicyclic amines) is 1. The number of rotatable bonds is 12. The van der Waals surface area contributed by atoms with Crippen molar-refractivity contribution in [1.82, 2.24) is 15.5 Å². The third-order valence-corrected chi connectivity index (χ3v) is 5.38. The molecule has 0 saturated carbocycles. The Labute approximate surface area is 181 Å². The first-order valence-electron chi connectivity index (χ1n) is 10.0. The van der Waals surface area contributed by atoms with Gasteiger partial charge in [0.25, 0.3) is 0 Å². The molecule has 1 saturated heterocycles. The van der Waals surface area contributed by atoms with Crippen LogP contribution in [0.15, 0.2) is 0 Å². The van der Waals surface area contributed by atoms with Crippen LogP contribution in [0.4, 0.5) is 0 Å². The molecule has 12 heteroatoms. The molecule has 11 nitrogen and oxygen atoms in total. The molecule has 3 amide bonds. The molecule has 1 fully saturated rings. The van der Waals surface area contributed by atoms with Crippen LogP contribution in [0.2, 0.25) is 0 Å². The van der Waals surface area contributed by atoms with Gasteiger partial charge in [0.05, 0.1) is 6.10 Å². The van der Waals surface area contributed by atoms with Crippen LogP contribution in [0.3, 0.4) is 0 Å². The zero-order chi connectivity index (χ0) is 22.8. The molecule has 0 spiro atoms. The SMILES string of the molecule is CC(O)C(N)C(=O)NC(CCCCN)C(=O)N1CCCC1C(=O)NC(CS)C(=O)O. The van der Waals surface area contributed by atoms with Crippen LogP contribution in [0, 0.1) is 0 Å². The lowest BCUT2D eigenvalue weighted by atomic mass is 10.1. The Morgan fingerprint density at radius 2 is 1.87 bits per heavy atom. The van der Waals surface area contributed by atoms with Gasteiger partial charge in [-0.15, -0.1) is 0 Å². The number of carbonyl (C=O) groups excluding carboxylic acids is 3. The number of carboxylic acid groups (broad SMARTS) is 1. The quantitative estimate of drug-likeness (QED) is 0.130. The number of nitrogens with zero attached hydrogens (tertiary/aromatic N) is 1. The van der Waals surface area contributed by atoms with Gasteiger partial charge in [-0.25, -0.2) is 4.79 Å². The lowest BCUT2D eigenvalue weighted by Crippen LogP contribution is -2.58. The summed E-state index contributed by atoms with van der Waals surface area (Å²) < 4.78 is 0. The fourth-order valence-electron chi connectivity index (χ4n) is 3.19. The third-order valence-electron chi connectivity index (χ3n) is 5.02. The number of thiol groups is 1. The zero-order valence-electron chi connectivity index (χ0n) is 17.1. The smallest absolute Gasteiger partial charge is 0.327 e. The van der Waals surface area contributed by atoms with E-state index >= 15 is 0 Å². The van der Waals surface area contributed by atoms with Gasteiger partial charge in [0, 0.05) is 12.3 Å². The molecule has 8 N–H and O–H groups in total. The monoisotopic (exact) mass is 447 g/mol. The highest BCUT2D eigenvalue weighted by molar-refractivity contribution is 7.80. The Hall–Kier alpha value is -1.89. The Morgan fingerprint density at radius 3 is 2.40 bits per heavy atom. The summed E-state index contributed by atoms with van der Waals surface area (Å²) in [7, 11) is 0. The minimum Gasteiger partial charge on any atom is -0.480 e. The van der Waals surface area contributed by atoms with E-state index in [1.54, 1.807) is 0 Å². The maximum Gasteiger partial charge on any atom is 0.327 e. The van der Waals surface area contributed by atoms with Gasteiger partial charge < -0.3 is 37.2 Å². The van der Waals surface area contributed by atoms with Gasteiger partial charge in [-0.2, -0.15) is 12.6 Å². The second kappa shape index (κ2) is 12.7. The molecule has 1 heterocycles. The number of aliphatic hydroxyl groups is 1. The van der Waals surface area contributed by atoms with Gasteiger partial charge in [-0.1, -0.05) is 0 Å². The van der Waals surface area contributed by atoms with Crippen LogP contribution in [0.5, 0.6) is 0 Å². The Bertz CT molecular complexity index is 620. The van der Waals surface area contributed by atoms with Gasteiger partial charge in [0.15, 0.2) is 0 Å². The van der Waals surface area contributed by atoms with E-state index in [-0.39, 0.29) is 5.75 Å². The summed E-state index contributed by atoms with van der Waals surface area (Å²) in [5, 5.41) is 23.6. The van der Waals surface area contributed by atoms with Crippen molar-refractivity contribution in [2.45, 2.75) is 69.3 Å². The Balaban J connectivity index is 2.92. The number of aliphatic hydroxyl groups excluding tert-OH is 1. The average molecular weight is 448 g/mol.